The molecule has 1 aromatic carbocycles. The summed E-state index contributed by atoms with van der Waals surface area (Å²) in [4.78, 5) is 32.1. The molecule has 3 aliphatic heterocycles. The van der Waals surface area contributed by atoms with Gasteiger partial charge in [0, 0.05) is 19.1 Å². The molecule has 0 radical (unpaired) electrons. The second kappa shape index (κ2) is 5.91. The lowest BCUT2D eigenvalue weighted by Gasteiger charge is -2.32. The van der Waals surface area contributed by atoms with Crippen molar-refractivity contribution in [1.82, 2.24) is 14.8 Å². The van der Waals surface area contributed by atoms with E-state index in [9.17, 15) is 9.59 Å². The number of guanidine groups is 1. The SMILES string of the molecule is CC1=NN(Cc2cccc(Cl)c2)C2=[N+](C1)C1C(=O)N(C)C(=O)N(C)C1=N2. The van der Waals surface area contributed by atoms with Gasteiger partial charge in [-0.15, -0.1) is 10.1 Å². The zero-order valence-corrected chi connectivity index (χ0v) is 15.4. The zero-order chi connectivity index (χ0) is 18.6. The molecule has 0 aliphatic carbocycles. The standard InChI is InChI=1S/C17H18ClN6O2/c1-10-8-23-13-14(21(2)17(26)22(3)15(13)25)19-16(23)24(20-10)9-11-5-4-6-12(18)7-11/h4-7,13H,8-9H2,1-3H3/q+1. The molecule has 1 saturated heterocycles. The molecule has 0 aromatic heterocycles. The molecule has 8 nitrogen and oxygen atoms in total. The molecule has 1 fully saturated rings. The lowest BCUT2D eigenvalue weighted by atomic mass is 10.1. The maximum absolute atomic E-state index is 12.7. The Kier molecular flexibility index (Phi) is 3.80. The molecular weight excluding hydrogens is 356 g/mol. The molecular formula is C17H18ClN6O2+. The number of aliphatic imine (C=N–C) groups is 1. The van der Waals surface area contributed by atoms with Gasteiger partial charge in [0.05, 0.1) is 5.71 Å². The average Bonchev–Trinajstić information content (AvgIpc) is 2.98. The Morgan fingerprint density at radius 2 is 2.04 bits per heavy atom. The summed E-state index contributed by atoms with van der Waals surface area (Å²) in [5, 5.41) is 6.99. The lowest BCUT2D eigenvalue weighted by molar-refractivity contribution is -0.528. The lowest BCUT2D eigenvalue weighted by Crippen LogP contribution is -2.62. The van der Waals surface area contributed by atoms with Crippen LogP contribution >= 0.6 is 11.6 Å². The molecule has 26 heavy (non-hydrogen) atoms. The number of imide groups is 1. The molecule has 3 aliphatic rings. The summed E-state index contributed by atoms with van der Waals surface area (Å²) in [5.74, 6) is 0.729. The van der Waals surface area contributed by atoms with Crippen LogP contribution in [0.1, 0.15) is 12.5 Å². The molecule has 9 heteroatoms. The Balaban J connectivity index is 1.73. The van der Waals surface area contributed by atoms with Crippen molar-refractivity contribution >= 4 is 41.0 Å². The van der Waals surface area contributed by atoms with E-state index in [-0.39, 0.29) is 11.9 Å². The van der Waals surface area contributed by atoms with Gasteiger partial charge < -0.3 is 0 Å². The first-order chi connectivity index (χ1) is 12.4. The van der Waals surface area contributed by atoms with Crippen LogP contribution in [0.5, 0.6) is 0 Å². The maximum atomic E-state index is 12.7. The van der Waals surface area contributed by atoms with Crippen molar-refractivity contribution in [1.29, 1.82) is 0 Å². The number of amidine groups is 1. The van der Waals surface area contributed by atoms with Crippen LogP contribution in [0.4, 0.5) is 4.79 Å². The van der Waals surface area contributed by atoms with Crippen molar-refractivity contribution in [3.05, 3.63) is 34.9 Å². The van der Waals surface area contributed by atoms with Crippen LogP contribution in [0.25, 0.3) is 0 Å². The topological polar surface area (TPSA) is 71.6 Å². The predicted molar refractivity (Wildman–Crippen MR) is 97.4 cm³/mol. The summed E-state index contributed by atoms with van der Waals surface area (Å²) >= 11 is 6.08. The quantitative estimate of drug-likeness (QED) is 0.731. The fourth-order valence-corrected chi connectivity index (χ4v) is 3.61. The van der Waals surface area contributed by atoms with E-state index in [1.165, 1.54) is 11.9 Å². The van der Waals surface area contributed by atoms with Gasteiger partial charge in [-0.25, -0.2) is 9.37 Å². The molecule has 0 saturated carbocycles. The Labute approximate surface area is 155 Å². The number of likely N-dealkylation sites (N-methyl/N-ethyl adjacent to an activating group) is 2. The highest BCUT2D eigenvalue weighted by Crippen LogP contribution is 2.23. The van der Waals surface area contributed by atoms with Crippen LogP contribution in [0, 0.1) is 0 Å². The van der Waals surface area contributed by atoms with E-state index in [0.717, 1.165) is 16.2 Å². The first kappa shape index (κ1) is 16.7. The number of benzene rings is 1. The average molecular weight is 374 g/mol. The normalized spacial score (nSPS) is 22.5. The van der Waals surface area contributed by atoms with Gasteiger partial charge in [0.15, 0.2) is 0 Å². The molecule has 1 atom stereocenters. The number of hydrogen-bond acceptors (Lipinski definition) is 5. The van der Waals surface area contributed by atoms with Crippen molar-refractivity contribution in [2.24, 2.45) is 10.1 Å². The van der Waals surface area contributed by atoms with Crippen LogP contribution in [0.15, 0.2) is 34.4 Å². The molecule has 1 aromatic rings. The number of fused-ring (bicyclic) bond motifs is 2. The second-order valence-corrected chi connectivity index (χ2v) is 7.00. The summed E-state index contributed by atoms with van der Waals surface area (Å²) in [6.45, 7) is 2.86. The molecule has 1 unspecified atom stereocenters. The van der Waals surface area contributed by atoms with Gasteiger partial charge in [-0.2, -0.15) is 0 Å². The fourth-order valence-electron chi connectivity index (χ4n) is 3.40. The Morgan fingerprint density at radius 3 is 2.77 bits per heavy atom. The van der Waals surface area contributed by atoms with Gasteiger partial charge in [-0.3, -0.25) is 14.6 Å². The molecule has 0 spiro atoms. The van der Waals surface area contributed by atoms with Crippen molar-refractivity contribution in [2.45, 2.75) is 19.5 Å². The smallest absolute Gasteiger partial charge is 0.270 e. The van der Waals surface area contributed by atoms with E-state index >= 15 is 0 Å². The van der Waals surface area contributed by atoms with Gasteiger partial charge in [0.1, 0.15) is 13.1 Å². The summed E-state index contributed by atoms with van der Waals surface area (Å²) in [6, 6.07) is 6.53. The maximum Gasteiger partial charge on any atom is 0.417 e. The number of urea groups is 1. The highest BCUT2D eigenvalue weighted by Gasteiger charge is 2.53. The van der Waals surface area contributed by atoms with Crippen LogP contribution in [0.2, 0.25) is 5.02 Å². The van der Waals surface area contributed by atoms with Gasteiger partial charge in [0.2, 0.25) is 11.9 Å². The monoisotopic (exact) mass is 373 g/mol. The minimum absolute atomic E-state index is 0.278. The van der Waals surface area contributed by atoms with E-state index in [4.69, 9.17) is 11.6 Å². The van der Waals surface area contributed by atoms with Crippen LogP contribution in [-0.2, 0) is 11.3 Å². The third-order valence-electron chi connectivity index (χ3n) is 4.65. The van der Waals surface area contributed by atoms with E-state index in [1.807, 2.05) is 35.8 Å². The zero-order valence-electron chi connectivity index (χ0n) is 14.7. The number of carbonyl (C=O) groups is 2. The number of amides is 3. The summed E-state index contributed by atoms with van der Waals surface area (Å²) in [5.41, 5.74) is 1.84. The summed E-state index contributed by atoms with van der Waals surface area (Å²) < 4.78 is 1.89. The van der Waals surface area contributed by atoms with Crippen molar-refractivity contribution in [3.63, 3.8) is 0 Å². The van der Waals surface area contributed by atoms with Crippen LogP contribution in [-0.4, -0.2) is 75.5 Å². The predicted octanol–water partition coefficient (Wildman–Crippen LogP) is 1.20. The first-order valence-corrected chi connectivity index (χ1v) is 8.58. The van der Waals surface area contributed by atoms with Gasteiger partial charge in [0.25, 0.3) is 5.91 Å². The summed E-state index contributed by atoms with van der Waals surface area (Å²) in [7, 11) is 3.12. The molecule has 3 heterocycles. The third-order valence-corrected chi connectivity index (χ3v) is 4.89. The Morgan fingerprint density at radius 1 is 1.27 bits per heavy atom. The largest absolute Gasteiger partial charge is 0.417 e. The molecule has 3 amide bonds. The van der Waals surface area contributed by atoms with E-state index < -0.39 is 6.04 Å². The fraction of sp³-hybridized carbons (Fsp3) is 0.353. The first-order valence-electron chi connectivity index (χ1n) is 8.20. The molecule has 0 N–H and O–H groups in total. The van der Waals surface area contributed by atoms with Gasteiger partial charge in [-0.05, 0) is 24.6 Å². The number of nitrogens with zero attached hydrogens (tertiary/aromatic N) is 6. The van der Waals surface area contributed by atoms with Crippen LogP contribution in [0.3, 0.4) is 0 Å². The number of halogens is 1. The summed E-state index contributed by atoms with van der Waals surface area (Å²) in [6.07, 6.45) is 0. The number of carbonyl (C=O) groups excluding carboxylic acids is 2. The second-order valence-electron chi connectivity index (χ2n) is 6.56. The minimum atomic E-state index is -0.606. The number of hydrogen-bond donors (Lipinski definition) is 0. The minimum Gasteiger partial charge on any atom is -0.270 e. The Hall–Kier alpha value is -2.74. The third kappa shape index (κ3) is 2.48. The molecule has 134 valence electrons. The van der Waals surface area contributed by atoms with Gasteiger partial charge in [-0.1, -0.05) is 28.7 Å². The number of hydrazone groups is 1. The molecule has 4 rings (SSSR count). The molecule has 0 bridgehead atoms. The van der Waals surface area contributed by atoms with E-state index in [2.05, 4.69) is 10.1 Å². The highest BCUT2D eigenvalue weighted by atomic mass is 35.5. The van der Waals surface area contributed by atoms with Crippen molar-refractivity contribution < 1.29 is 14.2 Å². The highest BCUT2D eigenvalue weighted by molar-refractivity contribution is 6.30. The van der Waals surface area contributed by atoms with Crippen LogP contribution < -0.4 is 0 Å². The number of rotatable bonds is 2. The van der Waals surface area contributed by atoms with E-state index in [1.54, 1.807) is 12.1 Å². The Bertz CT molecular complexity index is 922. The van der Waals surface area contributed by atoms with Crippen molar-refractivity contribution in [2.75, 3.05) is 20.6 Å². The van der Waals surface area contributed by atoms with Crippen molar-refractivity contribution in [3.8, 4) is 0 Å². The van der Waals surface area contributed by atoms with E-state index in [0.29, 0.717) is 29.9 Å². The van der Waals surface area contributed by atoms with Gasteiger partial charge >= 0.3 is 12.0 Å².